The van der Waals surface area contributed by atoms with Crippen LogP contribution in [0.15, 0.2) is 18.2 Å². The van der Waals surface area contributed by atoms with E-state index in [1.54, 1.807) is 26.0 Å². The van der Waals surface area contributed by atoms with E-state index in [0.29, 0.717) is 36.3 Å². The van der Waals surface area contributed by atoms with Crippen molar-refractivity contribution in [2.45, 2.75) is 63.8 Å². The standard InChI is InChI=1S/C21H28N5O4/c1-20(2)9-13(21(3,4)26(20)29)19(28)30-11-8-15(23-10-11)18-24-14-7-5-6-12(17(22)27)16(14)25-18/h5-7,11,13,15,23H,8-10H2,1-4H3,(H2,22,27)(H,24,25)/q-1. The second kappa shape index (κ2) is 7.04. The van der Waals surface area contributed by atoms with Gasteiger partial charge >= 0.3 is 5.97 Å². The molecule has 2 aliphatic heterocycles. The molecule has 0 radical (unpaired) electrons. The molecule has 1 aromatic heterocycles. The van der Waals surface area contributed by atoms with Crippen LogP contribution in [-0.4, -0.2) is 50.6 Å². The van der Waals surface area contributed by atoms with E-state index in [-0.39, 0.29) is 18.1 Å². The number of esters is 1. The Morgan fingerprint density at radius 2 is 2.03 bits per heavy atom. The summed E-state index contributed by atoms with van der Waals surface area (Å²) in [6.07, 6.45) is 0.700. The number of carbonyl (C=O) groups excluding carboxylic acids is 2. The first-order valence-corrected chi connectivity index (χ1v) is 10.2. The van der Waals surface area contributed by atoms with Gasteiger partial charge in [0.1, 0.15) is 17.4 Å². The number of H-pyrrole nitrogens is 1. The van der Waals surface area contributed by atoms with Gasteiger partial charge in [-0.25, -0.2) is 4.98 Å². The zero-order chi connectivity index (χ0) is 21.8. The van der Waals surface area contributed by atoms with E-state index in [2.05, 4.69) is 15.3 Å². The number of para-hydroxylation sites is 1. The van der Waals surface area contributed by atoms with Gasteiger partial charge in [-0.15, -0.1) is 0 Å². The van der Waals surface area contributed by atoms with Crippen molar-refractivity contribution < 1.29 is 14.3 Å². The Balaban J connectivity index is 1.45. The van der Waals surface area contributed by atoms with E-state index in [1.165, 1.54) is 0 Å². The number of hydrogen-bond donors (Lipinski definition) is 3. The van der Waals surface area contributed by atoms with Gasteiger partial charge in [0.05, 0.1) is 23.0 Å². The fraction of sp³-hybridized carbons (Fsp3) is 0.571. The number of amides is 1. The summed E-state index contributed by atoms with van der Waals surface area (Å²) in [7, 11) is 0. The molecule has 0 bridgehead atoms. The molecule has 30 heavy (non-hydrogen) atoms. The molecule has 0 spiro atoms. The van der Waals surface area contributed by atoms with E-state index < -0.39 is 22.9 Å². The summed E-state index contributed by atoms with van der Waals surface area (Å²) >= 11 is 0. The molecule has 2 saturated heterocycles. The molecule has 162 valence electrons. The topological polar surface area (TPSA) is 136 Å². The van der Waals surface area contributed by atoms with Crippen LogP contribution >= 0.6 is 0 Å². The van der Waals surface area contributed by atoms with Crippen LogP contribution in [0.25, 0.3) is 11.0 Å². The van der Waals surface area contributed by atoms with Crippen LogP contribution in [0.1, 0.15) is 62.8 Å². The average molecular weight is 414 g/mol. The highest BCUT2D eigenvalue weighted by Gasteiger charge is 2.51. The van der Waals surface area contributed by atoms with Gasteiger partial charge in [-0.05, 0) is 46.2 Å². The van der Waals surface area contributed by atoms with Crippen molar-refractivity contribution in [1.82, 2.24) is 20.3 Å². The monoisotopic (exact) mass is 414 g/mol. The third kappa shape index (κ3) is 3.36. The Hall–Kier alpha value is -2.49. The summed E-state index contributed by atoms with van der Waals surface area (Å²) < 4.78 is 5.78. The van der Waals surface area contributed by atoms with Crippen molar-refractivity contribution in [2.75, 3.05) is 6.54 Å². The third-order valence-electron chi connectivity index (χ3n) is 6.41. The van der Waals surface area contributed by atoms with Crippen LogP contribution in [0, 0.1) is 11.1 Å². The van der Waals surface area contributed by atoms with Gasteiger partial charge in [-0.3, -0.25) is 9.59 Å². The SMILES string of the molecule is CC1(C)CC(C(=O)OC2CNC(c3nc4c(C(N)=O)cccc4[nH]3)C2)C(C)(C)N1[O-]. The second-order valence-corrected chi connectivity index (χ2v) is 9.46. The lowest BCUT2D eigenvalue weighted by Crippen LogP contribution is -2.47. The minimum Gasteiger partial charge on any atom is -0.784 e. The van der Waals surface area contributed by atoms with Crippen LogP contribution < -0.4 is 11.1 Å². The third-order valence-corrected chi connectivity index (χ3v) is 6.41. The minimum atomic E-state index is -0.810. The van der Waals surface area contributed by atoms with Crippen molar-refractivity contribution in [3.05, 3.63) is 34.8 Å². The molecular formula is C21H28N5O4-. The number of aromatic nitrogens is 2. The number of hydrogen-bond acceptors (Lipinski definition) is 7. The maximum absolute atomic E-state index is 12.9. The predicted octanol–water partition coefficient (Wildman–Crippen LogP) is 1.98. The van der Waals surface area contributed by atoms with Crippen LogP contribution in [-0.2, 0) is 9.53 Å². The number of nitrogens with zero attached hydrogens (tertiary/aromatic N) is 2. The van der Waals surface area contributed by atoms with E-state index in [0.717, 1.165) is 10.6 Å². The normalized spacial score (nSPS) is 28.1. The molecule has 3 atom stereocenters. The van der Waals surface area contributed by atoms with E-state index >= 15 is 0 Å². The van der Waals surface area contributed by atoms with Crippen molar-refractivity contribution >= 4 is 22.9 Å². The van der Waals surface area contributed by atoms with Gasteiger partial charge in [0.15, 0.2) is 0 Å². The number of fused-ring (bicyclic) bond motifs is 1. The number of primary amides is 1. The molecule has 2 fully saturated rings. The van der Waals surface area contributed by atoms with Crippen LogP contribution in [0.4, 0.5) is 0 Å². The molecule has 9 nitrogen and oxygen atoms in total. The van der Waals surface area contributed by atoms with Gasteiger partial charge < -0.3 is 31.0 Å². The number of nitrogens with one attached hydrogen (secondary N) is 2. The fourth-order valence-electron chi connectivity index (χ4n) is 4.79. The fourth-order valence-corrected chi connectivity index (χ4v) is 4.79. The second-order valence-electron chi connectivity index (χ2n) is 9.46. The summed E-state index contributed by atoms with van der Waals surface area (Å²) in [5.74, 6) is -0.669. The maximum Gasteiger partial charge on any atom is 0.311 e. The Labute approximate surface area is 174 Å². The van der Waals surface area contributed by atoms with Gasteiger partial charge in [-0.2, -0.15) is 0 Å². The molecule has 4 N–H and O–H groups in total. The highest BCUT2D eigenvalue weighted by Crippen LogP contribution is 2.45. The van der Waals surface area contributed by atoms with Crippen LogP contribution in [0.3, 0.4) is 0 Å². The lowest BCUT2D eigenvalue weighted by Gasteiger charge is -2.47. The molecular weight excluding hydrogens is 386 g/mol. The van der Waals surface area contributed by atoms with Crippen LogP contribution in [0.5, 0.6) is 0 Å². The van der Waals surface area contributed by atoms with Crippen molar-refractivity contribution in [2.24, 2.45) is 11.7 Å². The quantitative estimate of drug-likeness (QED) is 0.651. The predicted molar refractivity (Wildman–Crippen MR) is 111 cm³/mol. The summed E-state index contributed by atoms with van der Waals surface area (Å²) in [5, 5.41) is 16.9. The number of carbonyl (C=O) groups is 2. The summed E-state index contributed by atoms with van der Waals surface area (Å²) in [6.45, 7) is 7.78. The van der Waals surface area contributed by atoms with E-state index in [4.69, 9.17) is 10.5 Å². The number of nitrogens with two attached hydrogens (primary N) is 1. The molecule has 2 aliphatic rings. The first-order chi connectivity index (χ1) is 14.0. The zero-order valence-electron chi connectivity index (χ0n) is 17.7. The number of aromatic amines is 1. The smallest absolute Gasteiger partial charge is 0.311 e. The summed E-state index contributed by atoms with van der Waals surface area (Å²) in [6, 6.07) is 5.09. The molecule has 2 aromatic rings. The number of benzene rings is 1. The number of ether oxygens (including phenoxy) is 1. The lowest BCUT2D eigenvalue weighted by atomic mass is 9.87. The molecule has 0 saturated carbocycles. The van der Waals surface area contributed by atoms with Crippen molar-refractivity contribution in [3.63, 3.8) is 0 Å². The first kappa shape index (κ1) is 20.8. The van der Waals surface area contributed by atoms with Gasteiger partial charge in [0.25, 0.3) is 5.91 Å². The van der Waals surface area contributed by atoms with Gasteiger partial charge in [0.2, 0.25) is 0 Å². The van der Waals surface area contributed by atoms with Crippen LogP contribution in [0.2, 0.25) is 0 Å². The highest BCUT2D eigenvalue weighted by atomic mass is 16.5. The Morgan fingerprint density at radius 3 is 2.67 bits per heavy atom. The molecule has 3 unspecified atom stereocenters. The Bertz CT molecular complexity index is 998. The maximum atomic E-state index is 12.9. The van der Waals surface area contributed by atoms with Gasteiger partial charge in [-0.1, -0.05) is 6.07 Å². The number of imidazole rings is 1. The lowest BCUT2D eigenvalue weighted by molar-refractivity contribution is -0.155. The van der Waals surface area contributed by atoms with Crippen molar-refractivity contribution in [3.8, 4) is 0 Å². The Morgan fingerprint density at radius 1 is 1.30 bits per heavy atom. The van der Waals surface area contributed by atoms with E-state index in [1.807, 2.05) is 19.9 Å². The van der Waals surface area contributed by atoms with Crippen molar-refractivity contribution in [1.29, 1.82) is 0 Å². The number of hydroxylamine groups is 2. The Kier molecular flexibility index (Phi) is 4.87. The summed E-state index contributed by atoms with van der Waals surface area (Å²) in [4.78, 5) is 32.3. The summed E-state index contributed by atoms with van der Waals surface area (Å²) in [5.41, 5.74) is 5.66. The molecule has 0 aliphatic carbocycles. The molecule has 3 heterocycles. The molecule has 1 amide bonds. The minimum absolute atomic E-state index is 0.139. The largest absolute Gasteiger partial charge is 0.784 e. The first-order valence-electron chi connectivity index (χ1n) is 10.2. The highest BCUT2D eigenvalue weighted by molar-refractivity contribution is 6.04. The average Bonchev–Trinajstić information content (AvgIpc) is 3.34. The molecule has 9 heteroatoms. The van der Waals surface area contributed by atoms with E-state index in [9.17, 15) is 14.8 Å². The number of rotatable bonds is 4. The zero-order valence-corrected chi connectivity index (χ0v) is 17.7. The molecule has 1 aromatic carbocycles. The van der Waals surface area contributed by atoms with Gasteiger partial charge in [0, 0.05) is 24.0 Å². The molecule has 4 rings (SSSR count).